The molecule has 0 aromatic heterocycles. The summed E-state index contributed by atoms with van der Waals surface area (Å²) in [5.41, 5.74) is -3.07. The molecule has 2 N–H and O–H groups in total. The third kappa shape index (κ3) is 10.1. The van der Waals surface area contributed by atoms with Gasteiger partial charge >= 0.3 is 18.3 Å². The zero-order chi connectivity index (χ0) is 38.5. The Morgan fingerprint density at radius 3 is 2.19 bits per heavy atom. The number of alkyl halides is 6. The summed E-state index contributed by atoms with van der Waals surface area (Å²) in [6.07, 6.45) is -9.00. The molecule has 2 heterocycles. The maximum atomic E-state index is 13.8. The molecule has 2 saturated heterocycles. The summed E-state index contributed by atoms with van der Waals surface area (Å²) in [7, 11) is 1.21. The summed E-state index contributed by atoms with van der Waals surface area (Å²) in [4.78, 5) is 40.6. The molecule has 3 aromatic carbocycles. The number of carboxylic acid groups (broad SMARTS) is 1. The minimum atomic E-state index is -5.09. The molecule has 2 aliphatic heterocycles. The predicted octanol–water partition coefficient (Wildman–Crippen LogP) is 7.04. The average Bonchev–Trinajstić information content (AvgIpc) is 3.38. The van der Waals surface area contributed by atoms with E-state index in [1.807, 2.05) is 0 Å². The molecule has 0 atom stereocenters. The molecule has 282 valence electrons. The number of benzene rings is 3. The van der Waals surface area contributed by atoms with Gasteiger partial charge in [-0.1, -0.05) is 24.0 Å². The van der Waals surface area contributed by atoms with Crippen LogP contribution in [0.4, 0.5) is 32.0 Å². The molecule has 0 aliphatic carbocycles. The lowest BCUT2D eigenvalue weighted by molar-refractivity contribution is -0.143. The topological polar surface area (TPSA) is 118 Å². The highest BCUT2D eigenvalue weighted by Crippen LogP contribution is 2.44. The molecule has 0 spiro atoms. The van der Waals surface area contributed by atoms with Crippen molar-refractivity contribution in [2.75, 3.05) is 58.4 Å². The normalized spacial score (nSPS) is 16.3. The lowest BCUT2D eigenvalue weighted by Gasteiger charge is -2.26. The fourth-order valence-electron chi connectivity index (χ4n) is 5.40. The first kappa shape index (κ1) is 39.6. The predicted molar refractivity (Wildman–Crippen MR) is 188 cm³/mol. The standard InChI is InChI=1S/C35H31F6N3O7S2/c1-49-28-19-27(51-13-10-43-8-11-50-12-9-43)22(16-26(28)21-14-23(34(36,37)38)18-24(15-21)35(39,40)41)17-29-31(46)44(33(52)53-29)7-6-30(45)42-25-4-2-20(3-5-25)32(47)48/h2-5,14-19H,6-13H2,1H3,(H,42,45)(H,47,48)/b29-17-. The van der Waals surface area contributed by atoms with Gasteiger partial charge in [0.2, 0.25) is 5.91 Å². The summed E-state index contributed by atoms with van der Waals surface area (Å²) in [5.74, 6) is -2.14. The molecule has 5 rings (SSSR count). The number of aromatic carboxylic acids is 1. The van der Waals surface area contributed by atoms with Crippen LogP contribution in [0.2, 0.25) is 0 Å². The van der Waals surface area contributed by atoms with Gasteiger partial charge in [0.25, 0.3) is 5.91 Å². The van der Waals surface area contributed by atoms with Crippen LogP contribution in [0.3, 0.4) is 0 Å². The molecule has 0 radical (unpaired) electrons. The van der Waals surface area contributed by atoms with E-state index >= 15 is 0 Å². The van der Waals surface area contributed by atoms with Crippen molar-refractivity contribution in [3.05, 3.63) is 81.8 Å². The Kier molecular flexibility index (Phi) is 12.4. The van der Waals surface area contributed by atoms with Crippen LogP contribution in [0, 0.1) is 0 Å². The van der Waals surface area contributed by atoms with E-state index in [-0.39, 0.29) is 63.1 Å². The van der Waals surface area contributed by atoms with Gasteiger partial charge in [0.05, 0.1) is 41.9 Å². The van der Waals surface area contributed by atoms with Crippen LogP contribution in [-0.2, 0) is 26.7 Å². The van der Waals surface area contributed by atoms with Crippen LogP contribution in [0.25, 0.3) is 17.2 Å². The molecule has 2 amide bonds. The number of rotatable bonds is 12. The Balaban J connectivity index is 1.45. The number of carbonyl (C=O) groups excluding carboxylic acids is 2. The number of amides is 2. The van der Waals surface area contributed by atoms with Crippen LogP contribution in [-0.4, -0.2) is 90.1 Å². The highest BCUT2D eigenvalue weighted by atomic mass is 32.2. The Hall–Kier alpha value is -4.65. The number of carboxylic acids is 1. The molecule has 0 bridgehead atoms. The fourth-order valence-corrected chi connectivity index (χ4v) is 6.70. The van der Waals surface area contributed by atoms with Crippen LogP contribution in [0.1, 0.15) is 33.5 Å². The maximum Gasteiger partial charge on any atom is 0.416 e. The Morgan fingerprint density at radius 2 is 1.60 bits per heavy atom. The third-order valence-electron chi connectivity index (χ3n) is 8.14. The monoisotopic (exact) mass is 783 g/mol. The van der Waals surface area contributed by atoms with Gasteiger partial charge in [-0.05, 0) is 60.2 Å². The molecule has 2 aliphatic rings. The zero-order valence-corrected chi connectivity index (χ0v) is 29.4. The number of hydrogen-bond donors (Lipinski definition) is 2. The van der Waals surface area contributed by atoms with E-state index in [4.69, 9.17) is 31.5 Å². The molecule has 53 heavy (non-hydrogen) atoms. The largest absolute Gasteiger partial charge is 0.496 e. The highest BCUT2D eigenvalue weighted by molar-refractivity contribution is 8.26. The SMILES string of the molecule is COc1cc(OCCN2CCOCC2)c(/C=C2\SC(=S)N(CCC(=O)Nc3ccc(C(=O)O)cc3)C2=O)cc1-c1cc(C(F)(F)F)cc(C(F)(F)F)c1. The number of thioether (sulfide) groups is 1. The van der Waals surface area contributed by atoms with E-state index in [1.54, 1.807) is 0 Å². The number of morpholine rings is 1. The lowest BCUT2D eigenvalue weighted by atomic mass is 9.96. The number of nitrogens with zero attached hydrogens (tertiary/aromatic N) is 2. The van der Waals surface area contributed by atoms with Gasteiger partial charge in [0.15, 0.2) is 0 Å². The smallest absolute Gasteiger partial charge is 0.416 e. The summed E-state index contributed by atoms with van der Waals surface area (Å²) in [5, 5.41) is 11.7. The summed E-state index contributed by atoms with van der Waals surface area (Å²) >= 11 is 6.30. The van der Waals surface area contributed by atoms with Crippen molar-refractivity contribution in [2.24, 2.45) is 0 Å². The molecular formula is C35H31F6N3O7S2. The zero-order valence-electron chi connectivity index (χ0n) is 27.8. The molecule has 18 heteroatoms. The molecule has 2 fully saturated rings. The third-order valence-corrected chi connectivity index (χ3v) is 9.52. The number of anilines is 1. The minimum Gasteiger partial charge on any atom is -0.496 e. The summed E-state index contributed by atoms with van der Waals surface area (Å²) in [6, 6.07) is 9.28. The van der Waals surface area contributed by atoms with Crippen molar-refractivity contribution in [2.45, 2.75) is 18.8 Å². The van der Waals surface area contributed by atoms with Gasteiger partial charge in [-0.15, -0.1) is 0 Å². The van der Waals surface area contributed by atoms with E-state index in [2.05, 4.69) is 10.2 Å². The van der Waals surface area contributed by atoms with Crippen LogP contribution >= 0.6 is 24.0 Å². The second kappa shape index (κ2) is 16.6. The van der Waals surface area contributed by atoms with Crippen molar-refractivity contribution in [1.29, 1.82) is 0 Å². The Bertz CT molecular complexity index is 1880. The van der Waals surface area contributed by atoms with Gasteiger partial charge in [-0.25, -0.2) is 4.79 Å². The van der Waals surface area contributed by atoms with Gasteiger partial charge in [-0.2, -0.15) is 26.3 Å². The number of thiocarbonyl (C=S) groups is 1. The average molecular weight is 784 g/mol. The van der Waals surface area contributed by atoms with Gasteiger partial charge in [0.1, 0.15) is 22.4 Å². The molecule has 0 saturated carbocycles. The lowest BCUT2D eigenvalue weighted by Crippen LogP contribution is -2.38. The molecule has 10 nitrogen and oxygen atoms in total. The van der Waals surface area contributed by atoms with Crippen molar-refractivity contribution in [3.63, 3.8) is 0 Å². The quantitative estimate of drug-likeness (QED) is 0.113. The number of halogens is 6. The first-order valence-electron chi connectivity index (χ1n) is 15.9. The van der Waals surface area contributed by atoms with Crippen molar-refractivity contribution in [1.82, 2.24) is 9.80 Å². The number of carbonyl (C=O) groups is 3. The minimum absolute atomic E-state index is 0.0284. The number of methoxy groups -OCH3 is 1. The summed E-state index contributed by atoms with van der Waals surface area (Å²) in [6.45, 7) is 2.88. The van der Waals surface area contributed by atoms with Crippen molar-refractivity contribution >= 4 is 57.8 Å². The van der Waals surface area contributed by atoms with Crippen molar-refractivity contribution < 1.29 is 60.0 Å². The number of nitrogens with one attached hydrogen (secondary N) is 1. The summed E-state index contributed by atoms with van der Waals surface area (Å²) < 4.78 is 99.6. The second-order valence-electron chi connectivity index (χ2n) is 11.7. The second-order valence-corrected chi connectivity index (χ2v) is 13.4. The van der Waals surface area contributed by atoms with E-state index < -0.39 is 46.8 Å². The first-order chi connectivity index (χ1) is 25.0. The number of ether oxygens (including phenoxy) is 3. The molecule has 3 aromatic rings. The van der Waals surface area contributed by atoms with E-state index in [0.717, 1.165) is 11.8 Å². The maximum absolute atomic E-state index is 13.8. The van der Waals surface area contributed by atoms with Gasteiger partial charge in [0, 0.05) is 55.5 Å². The fraction of sp³-hybridized carbons (Fsp3) is 0.314. The van der Waals surface area contributed by atoms with Crippen LogP contribution < -0.4 is 14.8 Å². The van der Waals surface area contributed by atoms with E-state index in [0.29, 0.717) is 50.7 Å². The van der Waals surface area contributed by atoms with Crippen molar-refractivity contribution in [3.8, 4) is 22.6 Å². The first-order valence-corrected chi connectivity index (χ1v) is 17.1. The highest BCUT2D eigenvalue weighted by Gasteiger charge is 2.38. The van der Waals surface area contributed by atoms with Gasteiger partial charge in [-0.3, -0.25) is 19.4 Å². The Labute approximate surface area is 308 Å². The van der Waals surface area contributed by atoms with Crippen LogP contribution in [0.5, 0.6) is 11.5 Å². The molecular weight excluding hydrogens is 753 g/mol. The molecule has 0 unspecified atom stereocenters. The number of hydrogen-bond acceptors (Lipinski definition) is 9. The van der Waals surface area contributed by atoms with Gasteiger partial charge < -0.3 is 24.6 Å². The van der Waals surface area contributed by atoms with E-state index in [9.17, 15) is 40.7 Å². The van der Waals surface area contributed by atoms with Crippen LogP contribution in [0.15, 0.2) is 59.5 Å². The Morgan fingerprint density at radius 1 is 0.962 bits per heavy atom. The van der Waals surface area contributed by atoms with E-state index in [1.165, 1.54) is 54.5 Å².